The maximum atomic E-state index is 14.4. The van der Waals surface area contributed by atoms with E-state index in [1.165, 1.54) is 43.7 Å². The van der Waals surface area contributed by atoms with Gasteiger partial charge < -0.3 is 0 Å². The number of aryl methyl sites for hydroxylation is 1. The minimum Gasteiger partial charge on any atom is -0.204 e. The molecule has 0 N–H and O–H groups in total. The summed E-state index contributed by atoms with van der Waals surface area (Å²) in [6, 6.07) is 17.7. The molecule has 0 nitrogen and oxygen atoms in total. The van der Waals surface area contributed by atoms with E-state index in [2.05, 4.69) is 19.1 Å². The molecule has 0 atom stereocenters. The quantitative estimate of drug-likeness (QED) is 0.252. The van der Waals surface area contributed by atoms with Gasteiger partial charge in [0.25, 0.3) is 0 Å². The summed E-state index contributed by atoms with van der Waals surface area (Å²) in [6.07, 6.45) is 8.48. The zero-order valence-corrected chi connectivity index (χ0v) is 16.9. The van der Waals surface area contributed by atoms with Gasteiger partial charge in [-0.15, -0.1) is 0 Å². The lowest BCUT2D eigenvalue weighted by Crippen LogP contribution is -1.95. The van der Waals surface area contributed by atoms with Crippen LogP contribution in [0.25, 0.3) is 22.3 Å². The van der Waals surface area contributed by atoms with Gasteiger partial charge in [0, 0.05) is 5.56 Å². The first-order valence-corrected chi connectivity index (χ1v) is 10.4. The lowest BCUT2D eigenvalue weighted by molar-refractivity contribution is 0.449. The molecule has 0 amide bonds. The van der Waals surface area contributed by atoms with Gasteiger partial charge in [-0.05, 0) is 47.2 Å². The van der Waals surface area contributed by atoms with E-state index in [0.29, 0.717) is 5.56 Å². The van der Waals surface area contributed by atoms with Gasteiger partial charge in [0.1, 0.15) is 0 Å². The molecule has 3 rings (SSSR count). The van der Waals surface area contributed by atoms with Gasteiger partial charge in [-0.2, -0.15) is 0 Å². The molecule has 152 valence electrons. The molecule has 3 heteroatoms. The first-order valence-electron chi connectivity index (χ1n) is 10.4. The molecule has 0 saturated carbocycles. The van der Waals surface area contributed by atoms with Crippen molar-refractivity contribution in [2.45, 2.75) is 51.9 Å². The summed E-state index contributed by atoms with van der Waals surface area (Å²) in [7, 11) is 0. The van der Waals surface area contributed by atoms with E-state index in [9.17, 15) is 13.2 Å². The van der Waals surface area contributed by atoms with Crippen LogP contribution in [0.15, 0.2) is 60.7 Å². The van der Waals surface area contributed by atoms with E-state index in [1.807, 2.05) is 24.3 Å². The first-order chi connectivity index (χ1) is 14.1. The lowest BCUT2D eigenvalue weighted by atomic mass is 9.92. The minimum atomic E-state index is -1.44. The first kappa shape index (κ1) is 21.2. The molecule has 0 spiro atoms. The van der Waals surface area contributed by atoms with E-state index < -0.39 is 17.5 Å². The zero-order valence-electron chi connectivity index (χ0n) is 16.9. The molecule has 3 aromatic rings. The molecule has 0 fully saturated rings. The lowest BCUT2D eigenvalue weighted by Gasteiger charge is -2.13. The van der Waals surface area contributed by atoms with Gasteiger partial charge in [-0.3, -0.25) is 0 Å². The Kier molecular flexibility index (Phi) is 7.51. The summed E-state index contributed by atoms with van der Waals surface area (Å²) in [5.41, 5.74) is 3.62. The van der Waals surface area contributed by atoms with Gasteiger partial charge in [-0.25, -0.2) is 13.2 Å². The largest absolute Gasteiger partial charge is 0.204 e. The van der Waals surface area contributed by atoms with Crippen LogP contribution in [0.3, 0.4) is 0 Å². The van der Waals surface area contributed by atoms with E-state index >= 15 is 0 Å². The average molecular weight is 396 g/mol. The fraction of sp³-hybridized carbons (Fsp3) is 0.308. The molecule has 0 aromatic heterocycles. The monoisotopic (exact) mass is 396 g/mol. The second-order valence-electron chi connectivity index (χ2n) is 7.49. The standard InChI is InChI=1S/C26H27F3/c1-2-3-4-5-6-7-11-19-12-10-13-20(18-19)21-14-8-9-15-22(21)23-16-17-24(27)26(29)25(23)28/h8-10,12-18H,2-7,11H2,1H3. The Bertz CT molecular complexity index is 946. The number of unbranched alkanes of at least 4 members (excludes halogenated alkanes) is 5. The van der Waals surface area contributed by atoms with Crippen LogP contribution < -0.4 is 0 Å². The Morgan fingerprint density at radius 2 is 1.34 bits per heavy atom. The van der Waals surface area contributed by atoms with E-state index in [0.717, 1.165) is 30.0 Å². The van der Waals surface area contributed by atoms with E-state index in [4.69, 9.17) is 0 Å². The molecule has 0 aliphatic rings. The summed E-state index contributed by atoms with van der Waals surface area (Å²) in [4.78, 5) is 0. The molecule has 0 aliphatic heterocycles. The smallest absolute Gasteiger partial charge is 0.195 e. The summed E-state index contributed by atoms with van der Waals surface area (Å²) < 4.78 is 41.5. The maximum absolute atomic E-state index is 14.4. The fourth-order valence-corrected chi connectivity index (χ4v) is 3.71. The maximum Gasteiger partial charge on any atom is 0.195 e. The second-order valence-corrected chi connectivity index (χ2v) is 7.49. The summed E-state index contributed by atoms with van der Waals surface area (Å²) >= 11 is 0. The third-order valence-corrected chi connectivity index (χ3v) is 5.31. The Morgan fingerprint density at radius 1 is 0.621 bits per heavy atom. The Morgan fingerprint density at radius 3 is 2.14 bits per heavy atom. The number of rotatable bonds is 9. The number of benzene rings is 3. The molecule has 3 aromatic carbocycles. The molecule has 0 heterocycles. The third-order valence-electron chi connectivity index (χ3n) is 5.31. The highest BCUT2D eigenvalue weighted by Crippen LogP contribution is 2.35. The number of halogens is 3. The molecule has 0 unspecified atom stereocenters. The van der Waals surface area contributed by atoms with Crippen LogP contribution in [0.2, 0.25) is 0 Å². The molecular weight excluding hydrogens is 369 g/mol. The normalized spacial score (nSPS) is 11.0. The van der Waals surface area contributed by atoms with Crippen molar-refractivity contribution in [3.05, 3.63) is 83.7 Å². The van der Waals surface area contributed by atoms with Crippen molar-refractivity contribution in [2.24, 2.45) is 0 Å². The number of hydrogen-bond acceptors (Lipinski definition) is 0. The Hall–Kier alpha value is -2.55. The zero-order chi connectivity index (χ0) is 20.6. The molecule has 29 heavy (non-hydrogen) atoms. The summed E-state index contributed by atoms with van der Waals surface area (Å²) in [5, 5.41) is 0. The second kappa shape index (κ2) is 10.3. The molecular formula is C26H27F3. The topological polar surface area (TPSA) is 0 Å². The molecule has 0 bridgehead atoms. The Labute approximate surface area is 171 Å². The van der Waals surface area contributed by atoms with Gasteiger partial charge in [0.2, 0.25) is 0 Å². The van der Waals surface area contributed by atoms with Crippen molar-refractivity contribution in [2.75, 3.05) is 0 Å². The van der Waals surface area contributed by atoms with E-state index in [-0.39, 0.29) is 5.56 Å². The highest BCUT2D eigenvalue weighted by atomic mass is 19.2. The van der Waals surface area contributed by atoms with E-state index in [1.54, 1.807) is 12.1 Å². The van der Waals surface area contributed by atoms with Crippen LogP contribution in [0, 0.1) is 17.5 Å². The van der Waals surface area contributed by atoms with Crippen LogP contribution in [-0.2, 0) is 6.42 Å². The van der Waals surface area contributed by atoms with Gasteiger partial charge in [0.05, 0.1) is 0 Å². The van der Waals surface area contributed by atoms with Gasteiger partial charge in [0.15, 0.2) is 17.5 Å². The summed E-state index contributed by atoms with van der Waals surface area (Å²) in [6.45, 7) is 2.22. The Balaban J connectivity index is 1.83. The SMILES string of the molecule is CCCCCCCCc1cccc(-c2ccccc2-c2ccc(F)c(F)c2F)c1. The van der Waals surface area contributed by atoms with Crippen molar-refractivity contribution in [3.8, 4) is 22.3 Å². The van der Waals surface area contributed by atoms with Crippen molar-refractivity contribution < 1.29 is 13.2 Å². The predicted octanol–water partition coefficient (Wildman–Crippen LogP) is 8.34. The van der Waals surface area contributed by atoms with Gasteiger partial charge >= 0.3 is 0 Å². The van der Waals surface area contributed by atoms with Crippen LogP contribution in [0.5, 0.6) is 0 Å². The van der Waals surface area contributed by atoms with Crippen LogP contribution >= 0.6 is 0 Å². The van der Waals surface area contributed by atoms with Crippen molar-refractivity contribution in [3.63, 3.8) is 0 Å². The number of hydrogen-bond donors (Lipinski definition) is 0. The highest BCUT2D eigenvalue weighted by molar-refractivity contribution is 5.83. The molecule has 0 saturated heterocycles. The summed E-state index contributed by atoms with van der Waals surface area (Å²) in [5.74, 6) is -3.76. The third kappa shape index (κ3) is 5.29. The van der Waals surface area contributed by atoms with Crippen molar-refractivity contribution in [1.29, 1.82) is 0 Å². The average Bonchev–Trinajstić information content (AvgIpc) is 2.75. The molecule has 0 radical (unpaired) electrons. The fourth-order valence-electron chi connectivity index (χ4n) is 3.71. The minimum absolute atomic E-state index is 0.0702. The van der Waals surface area contributed by atoms with Gasteiger partial charge in [-0.1, -0.05) is 87.6 Å². The van der Waals surface area contributed by atoms with Crippen LogP contribution in [0.1, 0.15) is 51.0 Å². The molecule has 0 aliphatic carbocycles. The van der Waals surface area contributed by atoms with Crippen LogP contribution in [0.4, 0.5) is 13.2 Å². The predicted molar refractivity (Wildman–Crippen MR) is 114 cm³/mol. The van der Waals surface area contributed by atoms with Crippen molar-refractivity contribution in [1.82, 2.24) is 0 Å². The highest BCUT2D eigenvalue weighted by Gasteiger charge is 2.17. The van der Waals surface area contributed by atoms with Crippen LogP contribution in [-0.4, -0.2) is 0 Å². The van der Waals surface area contributed by atoms with Crippen molar-refractivity contribution >= 4 is 0 Å².